The van der Waals surface area contributed by atoms with Crippen molar-refractivity contribution in [1.82, 2.24) is 4.98 Å². The maximum absolute atomic E-state index is 6.01. The van der Waals surface area contributed by atoms with Crippen LogP contribution in [0.4, 0.5) is 0 Å². The summed E-state index contributed by atoms with van der Waals surface area (Å²) in [6, 6.07) is 5.52. The van der Waals surface area contributed by atoms with Crippen LogP contribution in [0.3, 0.4) is 0 Å². The summed E-state index contributed by atoms with van der Waals surface area (Å²) in [7, 11) is 0. The maximum Gasteiger partial charge on any atom is 0.123 e. The van der Waals surface area contributed by atoms with Gasteiger partial charge in [0, 0.05) is 21.0 Å². The third-order valence-electron chi connectivity index (χ3n) is 2.37. The minimum Gasteiger partial charge on any atom is -0.241 e. The highest BCUT2D eigenvalue weighted by molar-refractivity contribution is 7.13. The van der Waals surface area contributed by atoms with E-state index in [4.69, 9.17) is 23.2 Å². The summed E-state index contributed by atoms with van der Waals surface area (Å²) in [4.78, 5) is 4.65. The molecule has 0 spiro atoms. The van der Waals surface area contributed by atoms with E-state index >= 15 is 0 Å². The summed E-state index contributed by atoms with van der Waals surface area (Å²) in [6.45, 7) is 6.63. The van der Waals surface area contributed by atoms with Gasteiger partial charge in [-0.2, -0.15) is 0 Å². The second-order valence-corrected chi connectivity index (χ2v) is 7.27. The molecule has 1 nitrogen and oxygen atoms in total. The number of hydrogen-bond acceptors (Lipinski definition) is 2. The lowest BCUT2D eigenvalue weighted by Crippen LogP contribution is -2.09. The van der Waals surface area contributed by atoms with Gasteiger partial charge in [-0.25, -0.2) is 4.98 Å². The van der Waals surface area contributed by atoms with Crippen LogP contribution in [-0.2, 0) is 6.42 Å². The van der Waals surface area contributed by atoms with Crippen LogP contribution in [0.25, 0.3) is 10.6 Å². The Morgan fingerprint density at radius 1 is 1.11 bits per heavy atom. The van der Waals surface area contributed by atoms with E-state index in [0.29, 0.717) is 10.0 Å². The van der Waals surface area contributed by atoms with E-state index in [2.05, 4.69) is 31.1 Å². The lowest BCUT2D eigenvalue weighted by atomic mass is 9.91. The van der Waals surface area contributed by atoms with Gasteiger partial charge in [-0.1, -0.05) is 44.0 Å². The van der Waals surface area contributed by atoms with Crippen molar-refractivity contribution in [3.63, 3.8) is 0 Å². The SMILES string of the molecule is CC(C)(C)Cc1csc(-c2cc(Cl)cc(Cl)c2)n1. The minimum absolute atomic E-state index is 0.247. The van der Waals surface area contributed by atoms with Crippen LogP contribution in [0.1, 0.15) is 26.5 Å². The Bertz CT molecular complexity index is 535. The summed E-state index contributed by atoms with van der Waals surface area (Å²) >= 11 is 13.6. The molecule has 0 fully saturated rings. The summed E-state index contributed by atoms with van der Waals surface area (Å²) < 4.78 is 0. The first-order chi connectivity index (χ1) is 8.33. The molecule has 1 aromatic heterocycles. The molecule has 0 aliphatic carbocycles. The fourth-order valence-electron chi connectivity index (χ4n) is 1.74. The normalized spacial score (nSPS) is 11.8. The quantitative estimate of drug-likeness (QED) is 0.692. The predicted molar refractivity (Wildman–Crippen MR) is 80.7 cm³/mol. The average molecular weight is 300 g/mol. The topological polar surface area (TPSA) is 12.9 Å². The zero-order valence-corrected chi connectivity index (χ0v) is 13.0. The molecular weight excluding hydrogens is 285 g/mol. The zero-order valence-electron chi connectivity index (χ0n) is 10.6. The van der Waals surface area contributed by atoms with Crippen molar-refractivity contribution in [1.29, 1.82) is 0 Å². The highest BCUT2D eigenvalue weighted by Crippen LogP contribution is 2.31. The summed E-state index contributed by atoms with van der Waals surface area (Å²) in [5, 5.41) is 4.36. The highest BCUT2D eigenvalue weighted by atomic mass is 35.5. The first-order valence-corrected chi connectivity index (χ1v) is 7.38. The second kappa shape index (κ2) is 5.20. The third kappa shape index (κ3) is 3.71. The Labute approximate surface area is 122 Å². The molecule has 0 aliphatic rings. The van der Waals surface area contributed by atoms with E-state index in [9.17, 15) is 0 Å². The van der Waals surface area contributed by atoms with E-state index in [-0.39, 0.29) is 5.41 Å². The molecule has 2 aromatic rings. The molecular formula is C14H15Cl2NS. The van der Waals surface area contributed by atoms with E-state index in [1.165, 1.54) is 0 Å². The number of halogens is 2. The Kier molecular flexibility index (Phi) is 4.00. The lowest BCUT2D eigenvalue weighted by molar-refractivity contribution is 0.407. The monoisotopic (exact) mass is 299 g/mol. The standard InChI is InChI=1S/C14H15Cl2NS/c1-14(2,3)7-12-8-18-13(17-12)9-4-10(15)6-11(16)5-9/h4-6,8H,7H2,1-3H3. The number of hydrogen-bond donors (Lipinski definition) is 0. The molecule has 1 aromatic carbocycles. The van der Waals surface area contributed by atoms with Crippen LogP contribution in [0.2, 0.25) is 10.0 Å². The third-order valence-corrected chi connectivity index (χ3v) is 3.75. The molecule has 18 heavy (non-hydrogen) atoms. The molecule has 4 heteroatoms. The lowest BCUT2D eigenvalue weighted by Gasteiger charge is -2.15. The maximum atomic E-state index is 6.01. The molecule has 0 aliphatic heterocycles. The number of aromatic nitrogens is 1. The molecule has 0 saturated heterocycles. The predicted octanol–water partition coefficient (Wildman–Crippen LogP) is 5.71. The van der Waals surface area contributed by atoms with Gasteiger partial charge in [0.1, 0.15) is 5.01 Å². The first-order valence-electron chi connectivity index (χ1n) is 5.74. The largest absolute Gasteiger partial charge is 0.241 e. The van der Waals surface area contributed by atoms with E-state index in [1.807, 2.05) is 12.1 Å². The molecule has 1 heterocycles. The van der Waals surface area contributed by atoms with Gasteiger partial charge >= 0.3 is 0 Å². The minimum atomic E-state index is 0.247. The van der Waals surface area contributed by atoms with Gasteiger partial charge < -0.3 is 0 Å². The van der Waals surface area contributed by atoms with Crippen LogP contribution >= 0.6 is 34.5 Å². The average Bonchev–Trinajstić information content (AvgIpc) is 2.61. The van der Waals surface area contributed by atoms with Crippen molar-refractivity contribution in [2.75, 3.05) is 0 Å². The molecule has 0 saturated carbocycles. The Morgan fingerprint density at radius 3 is 2.28 bits per heavy atom. The fourth-order valence-corrected chi connectivity index (χ4v) is 3.08. The van der Waals surface area contributed by atoms with Gasteiger partial charge in [0.05, 0.1) is 5.69 Å². The smallest absolute Gasteiger partial charge is 0.123 e. The highest BCUT2D eigenvalue weighted by Gasteiger charge is 2.14. The van der Waals surface area contributed by atoms with Crippen molar-refractivity contribution >= 4 is 34.5 Å². The Balaban J connectivity index is 2.29. The molecule has 0 radical (unpaired) electrons. The molecule has 0 atom stereocenters. The molecule has 0 N–H and O–H groups in total. The van der Waals surface area contributed by atoms with Crippen LogP contribution in [0.5, 0.6) is 0 Å². The van der Waals surface area contributed by atoms with Gasteiger partial charge in [0.2, 0.25) is 0 Å². The summed E-state index contributed by atoms with van der Waals surface area (Å²) in [6.07, 6.45) is 0.970. The second-order valence-electron chi connectivity index (χ2n) is 5.54. The summed E-state index contributed by atoms with van der Waals surface area (Å²) in [5.41, 5.74) is 2.35. The number of nitrogens with zero attached hydrogens (tertiary/aromatic N) is 1. The van der Waals surface area contributed by atoms with E-state index in [0.717, 1.165) is 22.7 Å². The molecule has 0 unspecified atom stereocenters. The van der Waals surface area contributed by atoms with Gasteiger partial charge in [-0.05, 0) is 30.0 Å². The van der Waals surface area contributed by atoms with Gasteiger partial charge in [0.15, 0.2) is 0 Å². The molecule has 96 valence electrons. The zero-order chi connectivity index (χ0) is 13.3. The molecule has 0 bridgehead atoms. The Hall–Kier alpha value is -0.570. The van der Waals surface area contributed by atoms with Crippen LogP contribution in [0.15, 0.2) is 23.6 Å². The fraction of sp³-hybridized carbons (Fsp3) is 0.357. The number of thiazole rings is 1. The van der Waals surface area contributed by atoms with Gasteiger partial charge in [0.25, 0.3) is 0 Å². The van der Waals surface area contributed by atoms with E-state index < -0.39 is 0 Å². The first kappa shape index (κ1) is 13.9. The van der Waals surface area contributed by atoms with Crippen molar-refractivity contribution in [2.24, 2.45) is 5.41 Å². The van der Waals surface area contributed by atoms with Gasteiger partial charge in [-0.15, -0.1) is 11.3 Å². The van der Waals surface area contributed by atoms with Gasteiger partial charge in [-0.3, -0.25) is 0 Å². The van der Waals surface area contributed by atoms with Crippen LogP contribution in [-0.4, -0.2) is 4.98 Å². The Morgan fingerprint density at radius 2 is 1.72 bits per heavy atom. The molecule has 2 rings (SSSR count). The molecule has 0 amide bonds. The van der Waals surface area contributed by atoms with Crippen molar-refractivity contribution in [3.8, 4) is 10.6 Å². The van der Waals surface area contributed by atoms with Crippen molar-refractivity contribution in [2.45, 2.75) is 27.2 Å². The van der Waals surface area contributed by atoms with Crippen molar-refractivity contribution in [3.05, 3.63) is 39.3 Å². The number of rotatable bonds is 2. The number of benzene rings is 1. The van der Waals surface area contributed by atoms with Crippen LogP contribution in [0, 0.1) is 5.41 Å². The van der Waals surface area contributed by atoms with E-state index in [1.54, 1.807) is 17.4 Å². The summed E-state index contributed by atoms with van der Waals surface area (Å²) in [5.74, 6) is 0. The van der Waals surface area contributed by atoms with Crippen LogP contribution < -0.4 is 0 Å². The van der Waals surface area contributed by atoms with Crippen molar-refractivity contribution < 1.29 is 0 Å².